The van der Waals surface area contributed by atoms with Gasteiger partial charge in [-0.05, 0) is 60.9 Å². The SMILES string of the molecule is Cc1ccc(N2C(=O)c3ccc(C(=O)OCc4cccc([N+](=O)[O-])c4)cc3C2=O)cc1C. The largest absolute Gasteiger partial charge is 0.457 e. The first-order valence-corrected chi connectivity index (χ1v) is 9.77. The summed E-state index contributed by atoms with van der Waals surface area (Å²) in [5, 5.41) is 10.9. The van der Waals surface area contributed by atoms with Crippen LogP contribution in [0.5, 0.6) is 0 Å². The van der Waals surface area contributed by atoms with Crippen molar-refractivity contribution in [3.63, 3.8) is 0 Å². The van der Waals surface area contributed by atoms with Gasteiger partial charge in [0.25, 0.3) is 17.5 Å². The number of carbonyl (C=O) groups excluding carboxylic acids is 3. The average Bonchev–Trinajstić information content (AvgIpc) is 3.03. The van der Waals surface area contributed by atoms with Gasteiger partial charge < -0.3 is 4.74 Å². The molecule has 0 spiro atoms. The number of carbonyl (C=O) groups is 3. The number of non-ortho nitro benzene ring substituents is 1. The van der Waals surface area contributed by atoms with Crippen LogP contribution in [-0.2, 0) is 11.3 Å². The van der Waals surface area contributed by atoms with E-state index in [2.05, 4.69) is 0 Å². The van der Waals surface area contributed by atoms with E-state index in [-0.39, 0.29) is 29.0 Å². The topological polar surface area (TPSA) is 107 Å². The van der Waals surface area contributed by atoms with Crippen LogP contribution in [0.25, 0.3) is 0 Å². The predicted octanol–water partition coefficient (Wildman–Crippen LogP) is 4.37. The first-order chi connectivity index (χ1) is 15.3. The Morgan fingerprint density at radius 2 is 1.69 bits per heavy atom. The second-order valence-electron chi connectivity index (χ2n) is 7.48. The first-order valence-electron chi connectivity index (χ1n) is 9.77. The molecule has 0 N–H and O–H groups in total. The number of hydrogen-bond donors (Lipinski definition) is 0. The van der Waals surface area contributed by atoms with Crippen LogP contribution in [0.3, 0.4) is 0 Å². The summed E-state index contributed by atoms with van der Waals surface area (Å²) in [5.74, 6) is -1.67. The Morgan fingerprint density at radius 1 is 0.938 bits per heavy atom. The molecule has 1 aliphatic rings. The number of fused-ring (bicyclic) bond motifs is 1. The standard InChI is InChI=1S/C24H18N2O6/c1-14-6-8-18(10-15(14)2)25-22(27)20-9-7-17(12-21(20)23(25)28)24(29)32-13-16-4-3-5-19(11-16)26(30)31/h3-12H,13H2,1-2H3. The number of esters is 1. The van der Waals surface area contributed by atoms with Crippen molar-refractivity contribution in [1.29, 1.82) is 0 Å². The van der Waals surface area contributed by atoms with E-state index in [4.69, 9.17) is 4.74 Å². The molecule has 0 saturated carbocycles. The van der Waals surface area contributed by atoms with Gasteiger partial charge in [0.1, 0.15) is 6.61 Å². The lowest BCUT2D eigenvalue weighted by atomic mass is 10.1. The third kappa shape index (κ3) is 3.74. The van der Waals surface area contributed by atoms with E-state index in [1.807, 2.05) is 19.9 Å². The number of anilines is 1. The molecule has 0 unspecified atom stereocenters. The zero-order chi connectivity index (χ0) is 23.0. The molecule has 1 heterocycles. The molecule has 4 rings (SSSR count). The number of hydrogen-bond acceptors (Lipinski definition) is 6. The Morgan fingerprint density at radius 3 is 2.41 bits per heavy atom. The molecular weight excluding hydrogens is 412 g/mol. The van der Waals surface area contributed by atoms with Crippen LogP contribution in [0.15, 0.2) is 60.7 Å². The molecule has 0 saturated heterocycles. The molecule has 0 aromatic heterocycles. The van der Waals surface area contributed by atoms with Crippen LogP contribution < -0.4 is 4.90 Å². The zero-order valence-corrected chi connectivity index (χ0v) is 17.3. The van der Waals surface area contributed by atoms with Gasteiger partial charge in [0.15, 0.2) is 0 Å². The molecule has 0 bridgehead atoms. The normalized spacial score (nSPS) is 12.6. The van der Waals surface area contributed by atoms with Crippen molar-refractivity contribution < 1.29 is 24.0 Å². The highest BCUT2D eigenvalue weighted by molar-refractivity contribution is 6.34. The fourth-order valence-corrected chi connectivity index (χ4v) is 3.46. The molecule has 0 atom stereocenters. The van der Waals surface area contributed by atoms with Gasteiger partial charge in [-0.3, -0.25) is 19.7 Å². The smallest absolute Gasteiger partial charge is 0.338 e. The van der Waals surface area contributed by atoms with Gasteiger partial charge in [0, 0.05) is 12.1 Å². The Balaban J connectivity index is 1.54. The number of amides is 2. The maximum atomic E-state index is 12.9. The fourth-order valence-electron chi connectivity index (χ4n) is 3.46. The molecule has 160 valence electrons. The van der Waals surface area contributed by atoms with E-state index in [9.17, 15) is 24.5 Å². The zero-order valence-electron chi connectivity index (χ0n) is 17.3. The number of rotatable bonds is 5. The molecule has 2 amide bonds. The van der Waals surface area contributed by atoms with Crippen LogP contribution in [0.2, 0.25) is 0 Å². The fraction of sp³-hybridized carbons (Fsp3) is 0.125. The van der Waals surface area contributed by atoms with Crippen molar-refractivity contribution in [2.75, 3.05) is 4.90 Å². The van der Waals surface area contributed by atoms with Gasteiger partial charge in [-0.15, -0.1) is 0 Å². The Kier molecular flexibility index (Phi) is 5.28. The Hall–Kier alpha value is -4.33. The average molecular weight is 430 g/mol. The van der Waals surface area contributed by atoms with E-state index in [1.54, 1.807) is 18.2 Å². The molecule has 32 heavy (non-hydrogen) atoms. The molecule has 8 heteroatoms. The number of aryl methyl sites for hydroxylation is 2. The summed E-state index contributed by atoms with van der Waals surface area (Å²) in [6.07, 6.45) is 0. The number of benzene rings is 3. The Labute approximate surface area is 183 Å². The van der Waals surface area contributed by atoms with E-state index in [0.29, 0.717) is 11.3 Å². The van der Waals surface area contributed by atoms with Crippen LogP contribution in [0.1, 0.15) is 47.8 Å². The molecule has 3 aromatic rings. The summed E-state index contributed by atoms with van der Waals surface area (Å²) < 4.78 is 5.24. The maximum absolute atomic E-state index is 12.9. The number of nitro benzene ring substituents is 1. The lowest BCUT2D eigenvalue weighted by molar-refractivity contribution is -0.384. The van der Waals surface area contributed by atoms with Crippen molar-refractivity contribution in [3.8, 4) is 0 Å². The van der Waals surface area contributed by atoms with Crippen LogP contribution in [0, 0.1) is 24.0 Å². The first kappa shape index (κ1) is 20.9. The highest BCUT2D eigenvalue weighted by Crippen LogP contribution is 2.30. The van der Waals surface area contributed by atoms with Crippen molar-refractivity contribution in [3.05, 3.63) is 104 Å². The van der Waals surface area contributed by atoms with Crippen molar-refractivity contribution >= 4 is 29.2 Å². The summed E-state index contributed by atoms with van der Waals surface area (Å²) in [5.41, 5.74) is 3.25. The second kappa shape index (κ2) is 8.07. The molecule has 0 radical (unpaired) electrons. The number of ether oxygens (including phenoxy) is 1. The minimum absolute atomic E-state index is 0.105. The lowest BCUT2D eigenvalue weighted by Gasteiger charge is -2.15. The quantitative estimate of drug-likeness (QED) is 0.257. The molecule has 8 nitrogen and oxygen atoms in total. The molecule has 0 fully saturated rings. The molecular formula is C24H18N2O6. The maximum Gasteiger partial charge on any atom is 0.338 e. The highest BCUT2D eigenvalue weighted by atomic mass is 16.6. The van der Waals surface area contributed by atoms with Gasteiger partial charge in [0.2, 0.25) is 0 Å². The summed E-state index contributed by atoms with van der Waals surface area (Å²) >= 11 is 0. The highest BCUT2D eigenvalue weighted by Gasteiger charge is 2.37. The van der Waals surface area contributed by atoms with Crippen LogP contribution >= 0.6 is 0 Å². The Bertz CT molecular complexity index is 1300. The van der Waals surface area contributed by atoms with E-state index in [1.165, 1.54) is 36.4 Å². The predicted molar refractivity (Wildman–Crippen MR) is 116 cm³/mol. The monoisotopic (exact) mass is 430 g/mol. The third-order valence-electron chi connectivity index (χ3n) is 5.36. The molecule has 1 aliphatic heterocycles. The summed E-state index contributed by atoms with van der Waals surface area (Å²) in [6.45, 7) is 3.67. The van der Waals surface area contributed by atoms with Crippen LogP contribution in [0.4, 0.5) is 11.4 Å². The minimum atomic E-state index is -0.704. The van der Waals surface area contributed by atoms with Gasteiger partial charge in [-0.1, -0.05) is 18.2 Å². The van der Waals surface area contributed by atoms with Crippen molar-refractivity contribution in [2.45, 2.75) is 20.5 Å². The van der Waals surface area contributed by atoms with Gasteiger partial charge in [-0.25, -0.2) is 9.69 Å². The number of nitrogens with zero attached hydrogens (tertiary/aromatic N) is 2. The summed E-state index contributed by atoms with van der Waals surface area (Å²) in [7, 11) is 0. The second-order valence-corrected chi connectivity index (χ2v) is 7.48. The third-order valence-corrected chi connectivity index (χ3v) is 5.36. The number of imide groups is 1. The molecule has 0 aliphatic carbocycles. The van der Waals surface area contributed by atoms with Crippen LogP contribution in [-0.4, -0.2) is 22.7 Å². The summed E-state index contributed by atoms with van der Waals surface area (Å²) in [6, 6.07) is 15.3. The number of nitro groups is 1. The van der Waals surface area contributed by atoms with Gasteiger partial charge >= 0.3 is 5.97 Å². The minimum Gasteiger partial charge on any atom is -0.457 e. The summed E-state index contributed by atoms with van der Waals surface area (Å²) in [4.78, 5) is 49.7. The lowest BCUT2D eigenvalue weighted by Crippen LogP contribution is -2.29. The molecule has 3 aromatic carbocycles. The van der Waals surface area contributed by atoms with Gasteiger partial charge in [-0.2, -0.15) is 0 Å². The van der Waals surface area contributed by atoms with E-state index in [0.717, 1.165) is 16.0 Å². The van der Waals surface area contributed by atoms with Gasteiger partial charge in [0.05, 0.1) is 27.3 Å². The van der Waals surface area contributed by atoms with Crippen molar-refractivity contribution in [2.24, 2.45) is 0 Å². The van der Waals surface area contributed by atoms with Crippen molar-refractivity contribution in [1.82, 2.24) is 0 Å². The van der Waals surface area contributed by atoms with E-state index < -0.39 is 22.7 Å². The van der Waals surface area contributed by atoms with E-state index >= 15 is 0 Å².